The normalized spacial score (nSPS) is 16.4. The van der Waals surface area contributed by atoms with E-state index in [0.29, 0.717) is 24.5 Å². The summed E-state index contributed by atoms with van der Waals surface area (Å²) < 4.78 is 0. The lowest BCUT2D eigenvalue weighted by Gasteiger charge is -2.27. The highest BCUT2D eigenvalue weighted by Crippen LogP contribution is 2.26. The first-order chi connectivity index (χ1) is 7.72. The zero-order valence-electron chi connectivity index (χ0n) is 8.61. The highest BCUT2D eigenvalue weighted by Gasteiger charge is 2.22. The summed E-state index contributed by atoms with van der Waals surface area (Å²) in [6, 6.07) is 0. The van der Waals surface area contributed by atoms with Gasteiger partial charge in [0.25, 0.3) is 0 Å². The van der Waals surface area contributed by atoms with Gasteiger partial charge in [-0.2, -0.15) is 4.98 Å². The summed E-state index contributed by atoms with van der Waals surface area (Å²) in [4.78, 5) is 21.1. The molecule has 16 heavy (non-hydrogen) atoms. The third-order valence-corrected chi connectivity index (χ3v) is 2.67. The first-order valence-corrected chi connectivity index (χ1v) is 5.39. The molecule has 1 aromatic rings. The topological polar surface area (TPSA) is 84.1 Å². The lowest BCUT2D eigenvalue weighted by Crippen LogP contribution is -2.36. The molecule has 1 saturated heterocycles. The average Bonchev–Trinajstić information content (AvgIpc) is 2.30. The van der Waals surface area contributed by atoms with Crippen LogP contribution in [0.15, 0.2) is 6.20 Å². The molecule has 0 radical (unpaired) electrons. The maximum Gasteiger partial charge on any atom is 0.227 e. The predicted molar refractivity (Wildman–Crippen MR) is 61.1 cm³/mol. The average molecular weight is 242 g/mol. The van der Waals surface area contributed by atoms with Gasteiger partial charge in [0.1, 0.15) is 5.69 Å². The van der Waals surface area contributed by atoms with Gasteiger partial charge in [-0.05, 0) is 24.4 Å². The van der Waals surface area contributed by atoms with Crippen molar-refractivity contribution < 1.29 is 4.79 Å². The molecule has 6 nitrogen and oxygen atoms in total. The summed E-state index contributed by atoms with van der Waals surface area (Å²) in [7, 11) is 0. The second-order valence-corrected chi connectivity index (χ2v) is 3.86. The lowest BCUT2D eigenvalue weighted by molar-refractivity contribution is -0.119. The number of piperidine rings is 1. The number of carbonyl (C=O) groups is 1. The molecule has 0 aromatic carbocycles. The highest BCUT2D eigenvalue weighted by atomic mass is 35.5. The van der Waals surface area contributed by atoms with Gasteiger partial charge < -0.3 is 10.3 Å². The van der Waals surface area contributed by atoms with Gasteiger partial charge in [0.15, 0.2) is 5.82 Å². The van der Waals surface area contributed by atoms with Gasteiger partial charge in [-0.25, -0.2) is 10.8 Å². The summed E-state index contributed by atoms with van der Waals surface area (Å²) in [6.45, 7) is 0.665. The molecule has 1 fully saturated rings. The molecule has 0 atom stereocenters. The van der Waals surface area contributed by atoms with Crippen molar-refractivity contribution in [2.75, 3.05) is 16.9 Å². The molecule has 1 aromatic heterocycles. The number of nitrogens with one attached hydrogen (secondary N) is 1. The van der Waals surface area contributed by atoms with Crippen molar-refractivity contribution in [1.29, 1.82) is 0 Å². The molecule has 0 spiro atoms. The summed E-state index contributed by atoms with van der Waals surface area (Å²) >= 11 is 5.65. The molecule has 1 aliphatic rings. The molecule has 1 aliphatic heterocycles. The van der Waals surface area contributed by atoms with Crippen LogP contribution < -0.4 is 16.2 Å². The number of aromatic nitrogens is 2. The van der Waals surface area contributed by atoms with Crippen LogP contribution in [0.3, 0.4) is 0 Å². The van der Waals surface area contributed by atoms with Crippen LogP contribution in [-0.2, 0) is 4.79 Å². The van der Waals surface area contributed by atoms with E-state index in [1.54, 1.807) is 4.90 Å². The Kier molecular flexibility index (Phi) is 3.21. The number of amides is 1. The minimum Gasteiger partial charge on any atom is -0.308 e. The largest absolute Gasteiger partial charge is 0.308 e. The van der Waals surface area contributed by atoms with E-state index in [9.17, 15) is 4.79 Å². The zero-order valence-corrected chi connectivity index (χ0v) is 9.37. The molecule has 2 rings (SSSR count). The number of anilines is 2. The van der Waals surface area contributed by atoms with Gasteiger partial charge in [-0.1, -0.05) is 0 Å². The Balaban J connectivity index is 2.34. The second kappa shape index (κ2) is 4.63. The van der Waals surface area contributed by atoms with Gasteiger partial charge in [0.2, 0.25) is 11.2 Å². The van der Waals surface area contributed by atoms with Crippen molar-refractivity contribution in [1.82, 2.24) is 9.97 Å². The van der Waals surface area contributed by atoms with Crippen molar-refractivity contribution in [3.8, 4) is 0 Å². The zero-order chi connectivity index (χ0) is 11.5. The van der Waals surface area contributed by atoms with E-state index in [4.69, 9.17) is 17.4 Å². The Bertz CT molecular complexity index is 411. The Morgan fingerprint density at radius 3 is 3.00 bits per heavy atom. The first kappa shape index (κ1) is 11.1. The van der Waals surface area contributed by atoms with E-state index >= 15 is 0 Å². The summed E-state index contributed by atoms with van der Waals surface area (Å²) in [5.74, 6) is 5.77. The summed E-state index contributed by atoms with van der Waals surface area (Å²) in [5.41, 5.74) is 3.00. The second-order valence-electron chi connectivity index (χ2n) is 3.52. The third-order valence-electron chi connectivity index (χ3n) is 2.49. The number of carbonyl (C=O) groups excluding carboxylic acids is 1. The van der Waals surface area contributed by atoms with Gasteiger partial charge in [-0.15, -0.1) is 0 Å². The fourth-order valence-corrected chi connectivity index (χ4v) is 1.85. The van der Waals surface area contributed by atoms with Crippen LogP contribution >= 0.6 is 11.6 Å². The van der Waals surface area contributed by atoms with Crippen LogP contribution in [0.25, 0.3) is 0 Å². The Hall–Kier alpha value is -1.40. The fourth-order valence-electron chi connectivity index (χ4n) is 1.72. The Morgan fingerprint density at radius 2 is 2.31 bits per heavy atom. The molecule has 3 N–H and O–H groups in total. The molecule has 0 bridgehead atoms. The molecule has 1 amide bonds. The smallest absolute Gasteiger partial charge is 0.227 e. The Labute approximate surface area is 97.8 Å². The van der Waals surface area contributed by atoms with Gasteiger partial charge in [-0.3, -0.25) is 4.79 Å². The minimum atomic E-state index is 0.0636. The molecule has 86 valence electrons. The van der Waals surface area contributed by atoms with E-state index < -0.39 is 0 Å². The predicted octanol–water partition coefficient (Wildman–Crippen LogP) is 0.932. The number of nitrogen functional groups attached to an aromatic ring is 1. The number of rotatable bonds is 2. The Morgan fingerprint density at radius 1 is 1.50 bits per heavy atom. The molecule has 2 heterocycles. The van der Waals surface area contributed by atoms with Crippen molar-refractivity contribution in [3.63, 3.8) is 0 Å². The molecule has 7 heteroatoms. The van der Waals surface area contributed by atoms with Gasteiger partial charge >= 0.3 is 0 Å². The number of nitrogens with zero attached hydrogens (tertiary/aromatic N) is 3. The van der Waals surface area contributed by atoms with Crippen LogP contribution in [0.2, 0.25) is 5.28 Å². The van der Waals surface area contributed by atoms with E-state index in [1.165, 1.54) is 6.20 Å². The summed E-state index contributed by atoms with van der Waals surface area (Å²) in [6.07, 6.45) is 3.95. The van der Waals surface area contributed by atoms with E-state index in [1.807, 2.05) is 0 Å². The van der Waals surface area contributed by atoms with Crippen molar-refractivity contribution in [3.05, 3.63) is 11.5 Å². The molecular formula is C9H12ClN5O. The van der Waals surface area contributed by atoms with Gasteiger partial charge in [0, 0.05) is 13.0 Å². The number of halogens is 1. The number of hydrogen-bond donors (Lipinski definition) is 2. The fraction of sp³-hybridized carbons (Fsp3) is 0.444. The maximum atomic E-state index is 11.7. The first-order valence-electron chi connectivity index (χ1n) is 5.02. The van der Waals surface area contributed by atoms with Crippen LogP contribution in [-0.4, -0.2) is 22.4 Å². The summed E-state index contributed by atoms with van der Waals surface area (Å²) in [5, 5.41) is 0.0983. The quantitative estimate of drug-likeness (QED) is 0.457. The van der Waals surface area contributed by atoms with E-state index in [0.717, 1.165) is 12.8 Å². The lowest BCUT2D eigenvalue weighted by atomic mass is 10.1. The van der Waals surface area contributed by atoms with Crippen molar-refractivity contribution >= 4 is 29.0 Å². The number of nitrogens with two attached hydrogens (primary N) is 1. The van der Waals surface area contributed by atoms with Crippen LogP contribution in [0.5, 0.6) is 0 Å². The minimum absolute atomic E-state index is 0.0636. The van der Waals surface area contributed by atoms with Crippen molar-refractivity contribution in [2.45, 2.75) is 19.3 Å². The number of hydrazine groups is 1. The molecule has 0 aliphatic carbocycles. The molecule has 0 saturated carbocycles. The van der Waals surface area contributed by atoms with E-state index in [-0.39, 0.29) is 11.2 Å². The molecular weight excluding hydrogens is 230 g/mol. The van der Waals surface area contributed by atoms with E-state index in [2.05, 4.69) is 15.4 Å². The van der Waals surface area contributed by atoms with Gasteiger partial charge in [0.05, 0.1) is 6.20 Å². The SMILES string of the molecule is NNc1nc(Cl)ncc1N1CCCCC1=O. The van der Waals surface area contributed by atoms with Crippen LogP contribution in [0.4, 0.5) is 11.5 Å². The standard InChI is InChI=1S/C9H12ClN5O/c10-9-12-5-6(8(13-9)14-11)15-4-2-1-3-7(15)16/h5H,1-4,11H2,(H,12,13,14). The van der Waals surface area contributed by atoms with Crippen molar-refractivity contribution in [2.24, 2.45) is 5.84 Å². The molecule has 0 unspecified atom stereocenters. The van der Waals surface area contributed by atoms with Crippen LogP contribution in [0.1, 0.15) is 19.3 Å². The monoisotopic (exact) mass is 241 g/mol. The van der Waals surface area contributed by atoms with Crippen LogP contribution in [0, 0.1) is 0 Å². The number of hydrogen-bond acceptors (Lipinski definition) is 5. The third kappa shape index (κ3) is 2.07. The highest BCUT2D eigenvalue weighted by molar-refractivity contribution is 6.28. The maximum absolute atomic E-state index is 11.7.